The van der Waals surface area contributed by atoms with E-state index in [1.165, 1.54) is 18.5 Å². The van der Waals surface area contributed by atoms with Gasteiger partial charge >= 0.3 is 0 Å². The highest BCUT2D eigenvalue weighted by Crippen LogP contribution is 2.22. The SMILES string of the molecule is Cc1cc(N2CCCC2)ccc1/C=N\NC(=O)c1ccccc1. The third-order valence-corrected chi connectivity index (χ3v) is 4.13. The molecule has 4 heteroatoms. The molecule has 1 aliphatic heterocycles. The van der Waals surface area contributed by atoms with Crippen LogP contribution in [-0.4, -0.2) is 25.2 Å². The van der Waals surface area contributed by atoms with E-state index in [2.05, 4.69) is 40.5 Å². The number of anilines is 1. The summed E-state index contributed by atoms with van der Waals surface area (Å²) >= 11 is 0. The molecule has 1 N–H and O–H groups in total. The molecule has 118 valence electrons. The Morgan fingerprint density at radius 3 is 2.57 bits per heavy atom. The van der Waals surface area contributed by atoms with Gasteiger partial charge < -0.3 is 4.90 Å². The van der Waals surface area contributed by atoms with Crippen molar-refractivity contribution in [1.29, 1.82) is 0 Å². The minimum atomic E-state index is -0.201. The number of aryl methyl sites for hydroxylation is 1. The van der Waals surface area contributed by atoms with Crippen LogP contribution in [0.3, 0.4) is 0 Å². The Morgan fingerprint density at radius 1 is 1.13 bits per heavy atom. The maximum atomic E-state index is 11.9. The van der Waals surface area contributed by atoms with Crippen molar-refractivity contribution in [3.05, 3.63) is 65.2 Å². The standard InChI is InChI=1S/C19H21N3O/c1-15-13-18(22-11-5-6-12-22)10-9-17(15)14-20-21-19(23)16-7-3-2-4-8-16/h2-4,7-10,13-14H,5-6,11-12H2,1H3,(H,21,23)/b20-14-. The van der Waals surface area contributed by atoms with Gasteiger partial charge in [-0.1, -0.05) is 24.3 Å². The largest absolute Gasteiger partial charge is 0.372 e. The Labute approximate surface area is 136 Å². The molecule has 1 heterocycles. The maximum Gasteiger partial charge on any atom is 0.271 e. The quantitative estimate of drug-likeness (QED) is 0.695. The smallest absolute Gasteiger partial charge is 0.271 e. The summed E-state index contributed by atoms with van der Waals surface area (Å²) in [6.07, 6.45) is 4.24. The lowest BCUT2D eigenvalue weighted by atomic mass is 10.1. The summed E-state index contributed by atoms with van der Waals surface area (Å²) < 4.78 is 0. The minimum absolute atomic E-state index is 0.201. The topological polar surface area (TPSA) is 44.7 Å². The Kier molecular flexibility index (Phi) is 4.71. The first-order chi connectivity index (χ1) is 11.2. The van der Waals surface area contributed by atoms with Crippen LogP contribution in [-0.2, 0) is 0 Å². The van der Waals surface area contributed by atoms with E-state index < -0.39 is 0 Å². The number of nitrogens with one attached hydrogen (secondary N) is 1. The maximum absolute atomic E-state index is 11.9. The molecule has 0 spiro atoms. The number of nitrogens with zero attached hydrogens (tertiary/aromatic N) is 2. The Balaban J connectivity index is 1.64. The van der Waals surface area contributed by atoms with Crippen LogP contribution in [0.2, 0.25) is 0 Å². The zero-order valence-electron chi connectivity index (χ0n) is 13.3. The molecule has 0 unspecified atom stereocenters. The predicted octanol–water partition coefficient (Wildman–Crippen LogP) is 3.36. The molecular weight excluding hydrogens is 286 g/mol. The van der Waals surface area contributed by atoms with Crippen LogP contribution in [0.25, 0.3) is 0 Å². The summed E-state index contributed by atoms with van der Waals surface area (Å²) in [4.78, 5) is 14.3. The molecule has 0 radical (unpaired) electrons. The van der Waals surface area contributed by atoms with Gasteiger partial charge in [0.05, 0.1) is 6.21 Å². The average molecular weight is 307 g/mol. The van der Waals surface area contributed by atoms with Crippen molar-refractivity contribution in [2.45, 2.75) is 19.8 Å². The molecule has 1 aliphatic rings. The van der Waals surface area contributed by atoms with E-state index in [9.17, 15) is 4.79 Å². The highest BCUT2D eigenvalue weighted by molar-refractivity contribution is 5.95. The van der Waals surface area contributed by atoms with Gasteiger partial charge in [0.2, 0.25) is 0 Å². The van der Waals surface area contributed by atoms with Crippen molar-refractivity contribution < 1.29 is 4.79 Å². The van der Waals surface area contributed by atoms with Gasteiger partial charge in [0.25, 0.3) is 5.91 Å². The number of hydrogen-bond acceptors (Lipinski definition) is 3. The zero-order valence-corrected chi connectivity index (χ0v) is 13.3. The molecule has 0 aromatic heterocycles. The van der Waals surface area contributed by atoms with Gasteiger partial charge in [0.15, 0.2) is 0 Å². The number of hydrogen-bond donors (Lipinski definition) is 1. The summed E-state index contributed by atoms with van der Waals surface area (Å²) in [6, 6.07) is 15.4. The van der Waals surface area contributed by atoms with E-state index in [1.807, 2.05) is 18.2 Å². The first kappa shape index (κ1) is 15.3. The van der Waals surface area contributed by atoms with Crippen LogP contribution < -0.4 is 10.3 Å². The van der Waals surface area contributed by atoms with Crippen LogP contribution >= 0.6 is 0 Å². The lowest BCUT2D eigenvalue weighted by molar-refractivity contribution is 0.0955. The second-order valence-electron chi connectivity index (χ2n) is 5.80. The molecule has 4 nitrogen and oxygen atoms in total. The molecule has 0 saturated carbocycles. The summed E-state index contributed by atoms with van der Waals surface area (Å²) in [7, 11) is 0. The number of rotatable bonds is 4. The van der Waals surface area contributed by atoms with Crippen LogP contribution in [0.4, 0.5) is 5.69 Å². The van der Waals surface area contributed by atoms with Crippen molar-refractivity contribution in [2.24, 2.45) is 5.10 Å². The number of hydrazone groups is 1. The fourth-order valence-electron chi connectivity index (χ4n) is 2.79. The molecular formula is C19H21N3O. The molecule has 1 saturated heterocycles. The van der Waals surface area contributed by atoms with E-state index >= 15 is 0 Å². The highest BCUT2D eigenvalue weighted by atomic mass is 16.2. The van der Waals surface area contributed by atoms with Crippen LogP contribution in [0.1, 0.15) is 34.3 Å². The molecule has 0 atom stereocenters. The lowest BCUT2D eigenvalue weighted by Crippen LogP contribution is -2.18. The van der Waals surface area contributed by atoms with E-state index in [1.54, 1.807) is 18.3 Å². The van der Waals surface area contributed by atoms with Crippen molar-refractivity contribution >= 4 is 17.8 Å². The van der Waals surface area contributed by atoms with Crippen molar-refractivity contribution in [1.82, 2.24) is 5.43 Å². The lowest BCUT2D eigenvalue weighted by Gasteiger charge is -2.18. The second-order valence-corrected chi connectivity index (χ2v) is 5.80. The summed E-state index contributed by atoms with van der Waals surface area (Å²) in [5.74, 6) is -0.201. The number of benzene rings is 2. The van der Waals surface area contributed by atoms with Crippen LogP contribution in [0.15, 0.2) is 53.6 Å². The van der Waals surface area contributed by atoms with E-state index in [4.69, 9.17) is 0 Å². The first-order valence-electron chi connectivity index (χ1n) is 7.98. The van der Waals surface area contributed by atoms with Crippen molar-refractivity contribution in [3.8, 4) is 0 Å². The van der Waals surface area contributed by atoms with E-state index in [0.29, 0.717) is 5.56 Å². The Morgan fingerprint density at radius 2 is 1.87 bits per heavy atom. The molecule has 0 aliphatic carbocycles. The fraction of sp³-hybridized carbons (Fsp3) is 0.263. The fourth-order valence-corrected chi connectivity index (χ4v) is 2.79. The second kappa shape index (κ2) is 7.09. The Bertz CT molecular complexity index is 704. The van der Waals surface area contributed by atoms with Gasteiger partial charge in [-0.2, -0.15) is 5.10 Å². The Hall–Kier alpha value is -2.62. The zero-order chi connectivity index (χ0) is 16.1. The summed E-state index contributed by atoms with van der Waals surface area (Å²) in [5.41, 5.74) is 6.61. The predicted molar refractivity (Wildman–Crippen MR) is 94.1 cm³/mol. The molecule has 3 rings (SSSR count). The van der Waals surface area contributed by atoms with Gasteiger partial charge in [0, 0.05) is 24.3 Å². The molecule has 1 fully saturated rings. The van der Waals surface area contributed by atoms with Gasteiger partial charge in [-0.15, -0.1) is 0 Å². The van der Waals surface area contributed by atoms with Gasteiger partial charge in [-0.3, -0.25) is 4.79 Å². The minimum Gasteiger partial charge on any atom is -0.372 e. The molecule has 23 heavy (non-hydrogen) atoms. The summed E-state index contributed by atoms with van der Waals surface area (Å²) in [6.45, 7) is 4.35. The summed E-state index contributed by atoms with van der Waals surface area (Å²) in [5, 5.41) is 4.07. The van der Waals surface area contributed by atoms with Crippen LogP contribution in [0.5, 0.6) is 0 Å². The van der Waals surface area contributed by atoms with Crippen molar-refractivity contribution in [2.75, 3.05) is 18.0 Å². The van der Waals surface area contributed by atoms with E-state index in [0.717, 1.165) is 24.2 Å². The van der Waals surface area contributed by atoms with Crippen LogP contribution in [0, 0.1) is 6.92 Å². The molecule has 0 bridgehead atoms. The number of carbonyl (C=O) groups is 1. The highest BCUT2D eigenvalue weighted by Gasteiger charge is 2.12. The van der Waals surface area contributed by atoms with E-state index in [-0.39, 0.29) is 5.91 Å². The van der Waals surface area contributed by atoms with Gasteiger partial charge in [0.1, 0.15) is 0 Å². The van der Waals surface area contributed by atoms with Gasteiger partial charge in [-0.05, 0) is 55.2 Å². The third kappa shape index (κ3) is 3.77. The normalized spacial score (nSPS) is 14.4. The average Bonchev–Trinajstić information content (AvgIpc) is 3.11. The molecule has 1 amide bonds. The van der Waals surface area contributed by atoms with Gasteiger partial charge in [-0.25, -0.2) is 5.43 Å². The molecule has 2 aromatic carbocycles. The van der Waals surface area contributed by atoms with Crippen molar-refractivity contribution in [3.63, 3.8) is 0 Å². The number of carbonyl (C=O) groups excluding carboxylic acids is 1. The third-order valence-electron chi connectivity index (χ3n) is 4.13. The number of amides is 1. The first-order valence-corrected chi connectivity index (χ1v) is 7.98. The monoisotopic (exact) mass is 307 g/mol. The molecule has 2 aromatic rings.